The Morgan fingerprint density at radius 2 is 1.60 bits per heavy atom. The molecule has 1 N–H and O–H groups in total. The average molecular weight is 393 g/mol. The average Bonchev–Trinajstić information content (AvgIpc) is 3.16. The first-order valence-corrected chi connectivity index (χ1v) is 9.76. The van der Waals surface area contributed by atoms with E-state index in [4.69, 9.17) is 9.40 Å². The molecule has 0 radical (unpaired) electrons. The van der Waals surface area contributed by atoms with E-state index < -0.39 is 5.97 Å². The number of aromatic nitrogens is 1. The van der Waals surface area contributed by atoms with Gasteiger partial charge in [0.25, 0.3) is 0 Å². The van der Waals surface area contributed by atoms with Gasteiger partial charge in [0.1, 0.15) is 11.3 Å². The molecule has 0 unspecified atom stereocenters. The molecular formula is C26H19NO3. The lowest BCUT2D eigenvalue weighted by Gasteiger charge is -2.11. The minimum absolute atomic E-state index is 0.232. The molecule has 0 aliphatic carbocycles. The zero-order chi connectivity index (χ0) is 20.8. The Bertz CT molecular complexity index is 1430. The first-order chi connectivity index (χ1) is 14.5. The predicted molar refractivity (Wildman–Crippen MR) is 119 cm³/mol. The van der Waals surface area contributed by atoms with Crippen molar-refractivity contribution in [2.45, 2.75) is 13.8 Å². The number of aromatic carboxylic acids is 1. The standard InChI is InChI=1S/C26H19NO3/c1-15-12-13-16(2)24-22(15)19(26(28)29)14-20(27-24)25-23(17-8-4-3-5-9-17)18-10-6-7-11-21(18)30-25/h3-14H,1-2H3,(H,28,29). The third kappa shape index (κ3) is 2.77. The van der Waals surface area contributed by atoms with Gasteiger partial charge in [0.15, 0.2) is 5.76 Å². The molecule has 146 valence electrons. The number of pyridine rings is 1. The SMILES string of the molecule is Cc1ccc(C)c2c(C(=O)O)cc(-c3oc4ccccc4c3-c3ccccc3)nc12. The maximum absolute atomic E-state index is 12.1. The van der Waals surface area contributed by atoms with Crippen molar-refractivity contribution in [3.8, 4) is 22.6 Å². The summed E-state index contributed by atoms with van der Waals surface area (Å²) in [5.74, 6) is -0.401. The number of para-hydroxylation sites is 1. The summed E-state index contributed by atoms with van der Waals surface area (Å²) < 4.78 is 6.24. The van der Waals surface area contributed by atoms with Crippen LogP contribution in [0.4, 0.5) is 0 Å². The van der Waals surface area contributed by atoms with Gasteiger partial charge < -0.3 is 9.52 Å². The molecule has 2 aromatic heterocycles. The summed E-state index contributed by atoms with van der Waals surface area (Å²) in [4.78, 5) is 17.0. The smallest absolute Gasteiger partial charge is 0.336 e. The Kier molecular flexibility index (Phi) is 4.14. The maximum atomic E-state index is 12.1. The van der Waals surface area contributed by atoms with Crippen LogP contribution in [0, 0.1) is 13.8 Å². The van der Waals surface area contributed by atoms with Crippen molar-refractivity contribution in [3.05, 3.63) is 89.5 Å². The number of hydrogen-bond acceptors (Lipinski definition) is 3. The fraction of sp³-hybridized carbons (Fsp3) is 0.0769. The van der Waals surface area contributed by atoms with Crippen LogP contribution in [-0.4, -0.2) is 16.1 Å². The number of hydrogen-bond donors (Lipinski definition) is 1. The Balaban J connectivity index is 1.90. The number of furan rings is 1. The second-order valence-electron chi connectivity index (χ2n) is 7.45. The van der Waals surface area contributed by atoms with E-state index in [1.54, 1.807) is 6.07 Å². The van der Waals surface area contributed by atoms with Gasteiger partial charge in [-0.1, -0.05) is 60.7 Å². The number of fused-ring (bicyclic) bond motifs is 2. The van der Waals surface area contributed by atoms with Crippen molar-refractivity contribution in [2.75, 3.05) is 0 Å². The molecule has 30 heavy (non-hydrogen) atoms. The third-order valence-electron chi connectivity index (χ3n) is 5.49. The second-order valence-corrected chi connectivity index (χ2v) is 7.45. The molecule has 4 heteroatoms. The zero-order valence-corrected chi connectivity index (χ0v) is 16.6. The van der Waals surface area contributed by atoms with Gasteiger partial charge in [-0.15, -0.1) is 0 Å². The zero-order valence-electron chi connectivity index (χ0n) is 16.6. The van der Waals surface area contributed by atoms with Gasteiger partial charge in [0.05, 0.1) is 11.1 Å². The van der Waals surface area contributed by atoms with Crippen LogP contribution >= 0.6 is 0 Å². The molecule has 0 saturated heterocycles. The monoisotopic (exact) mass is 393 g/mol. The fourth-order valence-electron chi connectivity index (χ4n) is 4.04. The van der Waals surface area contributed by atoms with Crippen molar-refractivity contribution < 1.29 is 14.3 Å². The molecule has 5 rings (SSSR count). The summed E-state index contributed by atoms with van der Waals surface area (Å²) in [6.07, 6.45) is 0. The minimum atomic E-state index is -0.977. The van der Waals surface area contributed by atoms with Crippen LogP contribution in [0.15, 0.2) is 77.2 Å². The number of aryl methyl sites for hydroxylation is 2. The third-order valence-corrected chi connectivity index (χ3v) is 5.49. The highest BCUT2D eigenvalue weighted by Crippen LogP contribution is 2.41. The summed E-state index contributed by atoms with van der Waals surface area (Å²) >= 11 is 0. The summed E-state index contributed by atoms with van der Waals surface area (Å²) in [7, 11) is 0. The van der Waals surface area contributed by atoms with Crippen molar-refractivity contribution in [1.82, 2.24) is 4.98 Å². The number of rotatable bonds is 3. The molecular weight excluding hydrogens is 374 g/mol. The molecule has 5 aromatic rings. The number of benzene rings is 3. The maximum Gasteiger partial charge on any atom is 0.336 e. The first kappa shape index (κ1) is 18.1. The second kappa shape index (κ2) is 6.85. The van der Waals surface area contributed by atoms with E-state index in [1.165, 1.54) is 0 Å². The molecule has 0 aliphatic heterocycles. The molecule has 4 nitrogen and oxygen atoms in total. The highest BCUT2D eigenvalue weighted by molar-refractivity contribution is 6.07. The quantitative estimate of drug-likeness (QED) is 0.374. The van der Waals surface area contributed by atoms with Crippen LogP contribution in [0.3, 0.4) is 0 Å². The summed E-state index contributed by atoms with van der Waals surface area (Å²) in [6, 6.07) is 23.3. The molecule has 3 aromatic carbocycles. The number of nitrogens with zero attached hydrogens (tertiary/aromatic N) is 1. The molecule has 0 aliphatic rings. The van der Waals surface area contributed by atoms with E-state index in [0.29, 0.717) is 22.4 Å². The van der Waals surface area contributed by atoms with Crippen LogP contribution in [0.2, 0.25) is 0 Å². The van der Waals surface area contributed by atoms with Crippen LogP contribution in [0.1, 0.15) is 21.5 Å². The van der Waals surface area contributed by atoms with E-state index in [0.717, 1.165) is 33.2 Å². The van der Waals surface area contributed by atoms with Crippen molar-refractivity contribution in [1.29, 1.82) is 0 Å². The predicted octanol–water partition coefficient (Wildman–Crippen LogP) is 6.63. The summed E-state index contributed by atoms with van der Waals surface area (Å²) in [6.45, 7) is 3.85. The van der Waals surface area contributed by atoms with Crippen LogP contribution in [-0.2, 0) is 0 Å². The molecule has 2 heterocycles. The highest BCUT2D eigenvalue weighted by atomic mass is 16.4. The lowest BCUT2D eigenvalue weighted by atomic mass is 9.97. The summed E-state index contributed by atoms with van der Waals surface area (Å²) in [5, 5.41) is 11.6. The molecule has 0 spiro atoms. The van der Waals surface area contributed by atoms with Crippen molar-refractivity contribution in [2.24, 2.45) is 0 Å². The largest absolute Gasteiger partial charge is 0.478 e. The lowest BCUT2D eigenvalue weighted by molar-refractivity contribution is 0.0699. The van der Waals surface area contributed by atoms with E-state index in [2.05, 4.69) is 0 Å². The first-order valence-electron chi connectivity index (χ1n) is 9.76. The summed E-state index contributed by atoms with van der Waals surface area (Å²) in [5.41, 5.74) is 5.91. The van der Waals surface area contributed by atoms with Gasteiger partial charge >= 0.3 is 5.97 Å². The number of carboxylic acids is 1. The van der Waals surface area contributed by atoms with Crippen LogP contribution in [0.5, 0.6) is 0 Å². The molecule has 0 saturated carbocycles. The number of carbonyl (C=O) groups is 1. The van der Waals surface area contributed by atoms with Gasteiger partial charge in [-0.3, -0.25) is 0 Å². The van der Waals surface area contributed by atoms with Crippen molar-refractivity contribution >= 4 is 27.8 Å². The number of carboxylic acid groups (broad SMARTS) is 1. The minimum Gasteiger partial charge on any atom is -0.478 e. The highest BCUT2D eigenvalue weighted by Gasteiger charge is 2.22. The Morgan fingerprint density at radius 1 is 0.900 bits per heavy atom. The fourth-order valence-corrected chi connectivity index (χ4v) is 4.04. The van der Waals surface area contributed by atoms with Gasteiger partial charge in [-0.2, -0.15) is 0 Å². The molecule has 0 amide bonds. The van der Waals surface area contributed by atoms with E-state index in [1.807, 2.05) is 80.6 Å². The van der Waals surface area contributed by atoms with Gasteiger partial charge in [-0.05, 0) is 42.7 Å². The van der Waals surface area contributed by atoms with Crippen LogP contribution in [0.25, 0.3) is 44.5 Å². The lowest BCUT2D eigenvalue weighted by Crippen LogP contribution is -2.02. The normalized spacial score (nSPS) is 11.3. The molecule has 0 fully saturated rings. The van der Waals surface area contributed by atoms with Gasteiger partial charge in [0, 0.05) is 16.3 Å². The Labute approximate surface area is 173 Å². The Morgan fingerprint density at radius 3 is 2.37 bits per heavy atom. The van der Waals surface area contributed by atoms with Crippen molar-refractivity contribution in [3.63, 3.8) is 0 Å². The van der Waals surface area contributed by atoms with E-state index in [9.17, 15) is 9.90 Å². The van der Waals surface area contributed by atoms with Crippen LogP contribution < -0.4 is 0 Å². The Hall–Kier alpha value is -3.92. The van der Waals surface area contributed by atoms with E-state index in [-0.39, 0.29) is 5.56 Å². The molecule has 0 atom stereocenters. The van der Waals surface area contributed by atoms with Gasteiger partial charge in [-0.25, -0.2) is 9.78 Å². The topological polar surface area (TPSA) is 63.3 Å². The molecule has 0 bridgehead atoms. The van der Waals surface area contributed by atoms with Gasteiger partial charge in [0.2, 0.25) is 0 Å². The van der Waals surface area contributed by atoms with E-state index >= 15 is 0 Å².